The van der Waals surface area contributed by atoms with Crippen LogP contribution in [0, 0.1) is 5.82 Å². The van der Waals surface area contributed by atoms with E-state index in [1.807, 2.05) is 13.0 Å². The van der Waals surface area contributed by atoms with Crippen LogP contribution in [0.3, 0.4) is 0 Å². The van der Waals surface area contributed by atoms with Crippen molar-refractivity contribution in [2.45, 2.75) is 38.8 Å². The number of rotatable bonds is 6. The van der Waals surface area contributed by atoms with Gasteiger partial charge in [-0.1, -0.05) is 13.0 Å². The molecular formula is C17H26BrFN4O2S. The zero-order valence-corrected chi connectivity index (χ0v) is 17.5. The summed E-state index contributed by atoms with van der Waals surface area (Å²) in [7, 11) is -1.45. The van der Waals surface area contributed by atoms with Crippen molar-refractivity contribution in [3.63, 3.8) is 0 Å². The molecule has 0 aliphatic carbocycles. The van der Waals surface area contributed by atoms with Crippen molar-refractivity contribution >= 4 is 31.9 Å². The Morgan fingerprint density at radius 1 is 1.38 bits per heavy atom. The Morgan fingerprint density at radius 2 is 2.08 bits per heavy atom. The number of guanidine groups is 1. The first-order chi connectivity index (χ1) is 12.4. The summed E-state index contributed by atoms with van der Waals surface area (Å²) in [5.74, 6) is 0.536. The minimum absolute atomic E-state index is 0.163. The molecule has 0 bridgehead atoms. The monoisotopic (exact) mass is 448 g/mol. The molecule has 0 amide bonds. The number of aliphatic imine (C=N–C) groups is 1. The molecule has 2 rings (SSSR count). The third-order valence-corrected chi connectivity index (χ3v) is 7.04. The fourth-order valence-electron chi connectivity index (χ4n) is 2.89. The lowest BCUT2D eigenvalue weighted by Gasteiger charge is -2.32. The highest BCUT2D eigenvalue weighted by Gasteiger charge is 2.27. The van der Waals surface area contributed by atoms with E-state index in [0.29, 0.717) is 36.5 Å². The predicted octanol–water partition coefficient (Wildman–Crippen LogP) is 2.46. The number of hydrogen-bond donors (Lipinski definition) is 2. The van der Waals surface area contributed by atoms with Crippen LogP contribution in [0.4, 0.5) is 4.39 Å². The number of benzene rings is 1. The maximum Gasteiger partial charge on any atom is 0.214 e. The Hall–Kier alpha value is -1.19. The van der Waals surface area contributed by atoms with Gasteiger partial charge in [0.2, 0.25) is 10.0 Å². The molecule has 1 heterocycles. The van der Waals surface area contributed by atoms with E-state index >= 15 is 0 Å². The highest BCUT2D eigenvalue weighted by Crippen LogP contribution is 2.17. The lowest BCUT2D eigenvalue weighted by atomic mass is 10.1. The first-order valence-electron chi connectivity index (χ1n) is 8.74. The molecule has 6 nitrogen and oxygen atoms in total. The molecule has 0 saturated carbocycles. The zero-order chi connectivity index (χ0) is 19.2. The minimum atomic E-state index is -3.12. The summed E-state index contributed by atoms with van der Waals surface area (Å²) in [5.41, 5.74) is 0.814. The van der Waals surface area contributed by atoms with Gasteiger partial charge in [-0.05, 0) is 52.9 Å². The van der Waals surface area contributed by atoms with Gasteiger partial charge in [-0.25, -0.2) is 17.1 Å². The van der Waals surface area contributed by atoms with Gasteiger partial charge in [0.15, 0.2) is 5.96 Å². The summed E-state index contributed by atoms with van der Waals surface area (Å²) in [4.78, 5) is 4.19. The highest BCUT2D eigenvalue weighted by molar-refractivity contribution is 9.10. The molecule has 1 saturated heterocycles. The van der Waals surface area contributed by atoms with Crippen LogP contribution in [0.1, 0.15) is 31.7 Å². The summed E-state index contributed by atoms with van der Waals surface area (Å²) < 4.78 is 39.8. The highest BCUT2D eigenvalue weighted by atomic mass is 79.9. The molecule has 146 valence electrons. The molecule has 1 aliphatic rings. The Morgan fingerprint density at radius 3 is 2.65 bits per heavy atom. The van der Waals surface area contributed by atoms with Crippen LogP contribution in [0.5, 0.6) is 0 Å². The van der Waals surface area contributed by atoms with Crippen molar-refractivity contribution in [1.29, 1.82) is 0 Å². The van der Waals surface area contributed by atoms with E-state index in [1.165, 1.54) is 6.07 Å². The molecule has 2 N–H and O–H groups in total. The molecule has 9 heteroatoms. The maximum absolute atomic E-state index is 13.6. The molecule has 0 spiro atoms. The van der Waals surface area contributed by atoms with E-state index in [2.05, 4.69) is 31.6 Å². The SMILES string of the molecule is CCCS(=O)(=O)N1CCC(NC(=NC)NCc2ccc(Br)c(F)c2)CC1. The second-order valence-corrected chi connectivity index (χ2v) is 9.25. The fraction of sp³-hybridized carbons (Fsp3) is 0.588. The molecule has 0 radical (unpaired) electrons. The standard InChI is InChI=1S/C17H26BrFN4O2S/c1-3-10-26(24,25)23-8-6-14(7-9-23)22-17(20-2)21-12-13-4-5-15(18)16(19)11-13/h4-5,11,14H,3,6-10,12H2,1-2H3,(H2,20,21,22). The van der Waals surface area contributed by atoms with Crippen molar-refractivity contribution < 1.29 is 12.8 Å². The molecular weight excluding hydrogens is 423 g/mol. The Bertz CT molecular complexity index is 734. The van der Waals surface area contributed by atoms with Gasteiger partial charge in [-0.2, -0.15) is 0 Å². The summed E-state index contributed by atoms with van der Waals surface area (Å²) in [6.07, 6.45) is 2.10. The summed E-state index contributed by atoms with van der Waals surface area (Å²) in [6.45, 7) is 3.37. The third kappa shape index (κ3) is 5.92. The molecule has 1 aromatic rings. The van der Waals surface area contributed by atoms with E-state index in [9.17, 15) is 12.8 Å². The minimum Gasteiger partial charge on any atom is -0.354 e. The number of hydrogen-bond acceptors (Lipinski definition) is 3. The first-order valence-corrected chi connectivity index (χ1v) is 11.1. The van der Waals surface area contributed by atoms with Crippen LogP contribution in [-0.2, 0) is 16.6 Å². The van der Waals surface area contributed by atoms with E-state index in [1.54, 1.807) is 17.4 Å². The average molecular weight is 449 g/mol. The fourth-order valence-corrected chi connectivity index (χ4v) is 4.68. The van der Waals surface area contributed by atoms with Crippen molar-refractivity contribution in [3.05, 3.63) is 34.1 Å². The molecule has 1 aliphatic heterocycles. The van der Waals surface area contributed by atoms with Crippen molar-refractivity contribution in [2.24, 2.45) is 4.99 Å². The topological polar surface area (TPSA) is 73.8 Å². The summed E-state index contributed by atoms with van der Waals surface area (Å²) in [5, 5.41) is 6.49. The van der Waals surface area contributed by atoms with Gasteiger partial charge in [-0.3, -0.25) is 4.99 Å². The quantitative estimate of drug-likeness (QED) is 0.517. The second-order valence-electron chi connectivity index (χ2n) is 6.31. The molecule has 1 aromatic carbocycles. The molecule has 1 fully saturated rings. The zero-order valence-electron chi connectivity index (χ0n) is 15.1. The summed E-state index contributed by atoms with van der Waals surface area (Å²) >= 11 is 3.14. The molecule has 0 atom stereocenters. The lowest BCUT2D eigenvalue weighted by Crippen LogP contribution is -2.49. The third-order valence-electron chi connectivity index (χ3n) is 4.32. The van der Waals surface area contributed by atoms with E-state index < -0.39 is 10.0 Å². The van der Waals surface area contributed by atoms with Gasteiger partial charge in [-0.15, -0.1) is 0 Å². The molecule has 26 heavy (non-hydrogen) atoms. The predicted molar refractivity (Wildman–Crippen MR) is 106 cm³/mol. The Kier molecular flexibility index (Phi) is 7.85. The second kappa shape index (κ2) is 9.66. The van der Waals surface area contributed by atoms with E-state index in [0.717, 1.165) is 18.4 Å². The van der Waals surface area contributed by atoms with Crippen molar-refractivity contribution in [2.75, 3.05) is 25.9 Å². The molecule has 0 unspecified atom stereocenters. The molecule has 0 aromatic heterocycles. The number of halogens is 2. The van der Waals surface area contributed by atoms with Gasteiger partial charge in [0.1, 0.15) is 5.82 Å². The largest absolute Gasteiger partial charge is 0.354 e. The van der Waals surface area contributed by atoms with Crippen molar-refractivity contribution in [3.8, 4) is 0 Å². The van der Waals surface area contributed by atoms with E-state index in [4.69, 9.17) is 0 Å². The van der Waals surface area contributed by atoms with E-state index in [-0.39, 0.29) is 17.6 Å². The van der Waals surface area contributed by atoms with Crippen LogP contribution in [0.25, 0.3) is 0 Å². The smallest absolute Gasteiger partial charge is 0.214 e. The van der Waals surface area contributed by atoms with Crippen LogP contribution in [0.2, 0.25) is 0 Å². The number of nitrogens with zero attached hydrogens (tertiary/aromatic N) is 2. The summed E-state index contributed by atoms with van der Waals surface area (Å²) in [6, 6.07) is 5.15. The number of piperidine rings is 1. The average Bonchev–Trinajstić information content (AvgIpc) is 2.61. The lowest BCUT2D eigenvalue weighted by molar-refractivity contribution is 0.306. The van der Waals surface area contributed by atoms with Gasteiger partial charge in [0, 0.05) is 32.7 Å². The van der Waals surface area contributed by atoms with Crippen LogP contribution in [0.15, 0.2) is 27.7 Å². The number of sulfonamides is 1. The van der Waals surface area contributed by atoms with Gasteiger partial charge >= 0.3 is 0 Å². The van der Waals surface area contributed by atoms with Crippen LogP contribution in [-0.4, -0.2) is 50.6 Å². The maximum atomic E-state index is 13.6. The first kappa shape index (κ1) is 21.1. The van der Waals surface area contributed by atoms with Crippen LogP contribution < -0.4 is 10.6 Å². The Labute approximate surface area is 163 Å². The van der Waals surface area contributed by atoms with Gasteiger partial charge in [0.25, 0.3) is 0 Å². The Balaban J connectivity index is 1.83. The number of nitrogens with one attached hydrogen (secondary N) is 2. The van der Waals surface area contributed by atoms with Gasteiger partial charge < -0.3 is 10.6 Å². The van der Waals surface area contributed by atoms with Gasteiger partial charge in [0.05, 0.1) is 10.2 Å². The normalized spacial score (nSPS) is 17.3. The van der Waals surface area contributed by atoms with Crippen LogP contribution >= 0.6 is 15.9 Å². The van der Waals surface area contributed by atoms with Crippen molar-refractivity contribution in [1.82, 2.24) is 14.9 Å².